The molecule has 6 aromatic rings. The van der Waals surface area contributed by atoms with Gasteiger partial charge in [-0.3, -0.25) is 0 Å². The Morgan fingerprint density at radius 3 is 1.91 bits per heavy atom. The van der Waals surface area contributed by atoms with E-state index in [9.17, 15) is 5.11 Å². The second kappa shape index (κ2) is 11.7. The molecule has 0 spiro atoms. The van der Waals surface area contributed by atoms with Gasteiger partial charge in [0.05, 0.1) is 0 Å². The topological polar surface area (TPSA) is 46.0 Å². The van der Waals surface area contributed by atoms with Crippen LogP contribution in [0.25, 0.3) is 53.4 Å². The number of hydrogen-bond acceptors (Lipinski definition) is 3. The zero-order chi connectivity index (χ0) is 33.0. The predicted octanol–water partition coefficient (Wildman–Crippen LogP) is 11.0. The number of phenols is 1. The van der Waals surface area contributed by atoms with E-state index in [0.717, 1.165) is 49.2 Å². The summed E-state index contributed by atoms with van der Waals surface area (Å²) in [6.07, 6.45) is 1.91. The third-order valence-corrected chi connectivity index (χ3v) is 10.9. The molecule has 0 saturated carbocycles. The van der Waals surface area contributed by atoms with E-state index in [0.29, 0.717) is 5.75 Å². The van der Waals surface area contributed by atoms with Gasteiger partial charge in [-0.15, -0.1) is 0 Å². The summed E-state index contributed by atoms with van der Waals surface area (Å²) in [6, 6.07) is 32.5. The van der Waals surface area contributed by atoms with Crippen LogP contribution in [0.5, 0.6) is 5.75 Å². The first kappa shape index (κ1) is 32.0. The minimum atomic E-state index is -0.195. The minimum absolute atomic E-state index is 0.0372. The van der Waals surface area contributed by atoms with Gasteiger partial charge in [0.1, 0.15) is 0 Å². The molecule has 0 aliphatic heterocycles. The summed E-state index contributed by atoms with van der Waals surface area (Å²) in [7, 11) is 0. The van der Waals surface area contributed by atoms with Crippen LogP contribution in [0.3, 0.4) is 0 Å². The number of rotatable bonds is 4. The van der Waals surface area contributed by atoms with Crippen LogP contribution in [0.4, 0.5) is 0 Å². The summed E-state index contributed by atoms with van der Waals surface area (Å²) in [4.78, 5) is 10.2. The number of aromatic nitrogens is 2. The zero-order valence-electron chi connectivity index (χ0n) is 28.5. The van der Waals surface area contributed by atoms with Crippen molar-refractivity contribution in [2.75, 3.05) is 0 Å². The fourth-order valence-electron chi connectivity index (χ4n) is 5.86. The summed E-state index contributed by atoms with van der Waals surface area (Å²) >= 11 is -0.0372. The summed E-state index contributed by atoms with van der Waals surface area (Å²) < 4.78 is 2.22. The van der Waals surface area contributed by atoms with Crippen LogP contribution in [0, 0.1) is 0 Å². The van der Waals surface area contributed by atoms with E-state index < -0.39 is 0 Å². The first-order valence-corrected chi connectivity index (χ1v) is 17.8. The van der Waals surface area contributed by atoms with Crippen molar-refractivity contribution in [1.29, 1.82) is 0 Å². The number of pyridine rings is 1. The Labute approximate surface area is 280 Å². The van der Waals surface area contributed by atoms with Crippen molar-refractivity contribution in [1.82, 2.24) is 9.97 Å². The number of benzene rings is 4. The van der Waals surface area contributed by atoms with Gasteiger partial charge in [-0.05, 0) is 0 Å². The van der Waals surface area contributed by atoms with Gasteiger partial charge in [0.15, 0.2) is 0 Å². The van der Waals surface area contributed by atoms with Crippen molar-refractivity contribution < 1.29 is 5.11 Å². The third-order valence-electron chi connectivity index (χ3n) is 8.71. The molecular weight excluding hydrogens is 627 g/mol. The van der Waals surface area contributed by atoms with E-state index in [1.807, 2.05) is 12.3 Å². The van der Waals surface area contributed by atoms with Gasteiger partial charge in [0, 0.05) is 0 Å². The van der Waals surface area contributed by atoms with E-state index in [1.54, 1.807) is 0 Å². The van der Waals surface area contributed by atoms with Crippen LogP contribution in [-0.2, 0) is 16.2 Å². The van der Waals surface area contributed by atoms with Gasteiger partial charge in [0.2, 0.25) is 0 Å². The number of fused-ring (bicyclic) bond motifs is 1. The van der Waals surface area contributed by atoms with Gasteiger partial charge in [-0.25, -0.2) is 0 Å². The Morgan fingerprint density at radius 1 is 0.565 bits per heavy atom. The van der Waals surface area contributed by atoms with Crippen molar-refractivity contribution in [3.05, 3.63) is 114 Å². The van der Waals surface area contributed by atoms with Gasteiger partial charge < -0.3 is 0 Å². The molecule has 0 aliphatic carbocycles. The number of phenolic OH excluding ortho intramolecular Hbond substituents is 1. The molecule has 0 aliphatic rings. The Hall–Kier alpha value is -3.98. The average Bonchev–Trinajstić information content (AvgIpc) is 3.44. The van der Waals surface area contributed by atoms with Crippen LogP contribution in [-0.4, -0.2) is 29.6 Å². The SMILES string of the molecule is CC(C)(C)c1cc(-c2cc(-c3ccccc3)ccn2)cc(-c2cccc3[se]c(-c4cc(C(C)(C)C)cc(C(C)(C)C)c4O)nc23)c1. The zero-order valence-corrected chi connectivity index (χ0v) is 30.2. The van der Waals surface area contributed by atoms with Crippen LogP contribution < -0.4 is 0 Å². The molecule has 3 nitrogen and oxygen atoms in total. The molecule has 0 atom stereocenters. The molecule has 46 heavy (non-hydrogen) atoms. The number of aromatic hydroxyl groups is 1. The van der Waals surface area contributed by atoms with Crippen LogP contribution in [0.2, 0.25) is 0 Å². The van der Waals surface area contributed by atoms with E-state index in [-0.39, 0.29) is 30.7 Å². The van der Waals surface area contributed by atoms with Gasteiger partial charge in [0.25, 0.3) is 0 Å². The molecule has 0 fully saturated rings. The Kier molecular flexibility index (Phi) is 8.12. The molecule has 6 rings (SSSR count). The molecule has 0 saturated heterocycles. The predicted molar refractivity (Wildman–Crippen MR) is 196 cm³/mol. The first-order valence-electron chi connectivity index (χ1n) is 16.1. The van der Waals surface area contributed by atoms with Gasteiger partial charge in [-0.2, -0.15) is 0 Å². The monoisotopic (exact) mass is 672 g/mol. The molecule has 4 aromatic carbocycles. The molecule has 0 radical (unpaired) electrons. The standard InChI is InChI=1S/C42H44N2OSe/c1-40(2,3)30-21-28(20-29(22-30)35-23-27(18-19-43-35)26-14-11-10-12-15-26)32-16-13-17-36-37(32)44-39(46-36)33-24-31(41(4,5)6)25-34(38(33)45)42(7,8)9/h10-25,45H,1-9H3. The van der Waals surface area contributed by atoms with E-state index >= 15 is 0 Å². The van der Waals surface area contributed by atoms with E-state index in [1.165, 1.54) is 21.0 Å². The normalized spacial score (nSPS) is 12.5. The molecule has 4 heteroatoms. The number of para-hydroxylation sites is 1. The summed E-state index contributed by atoms with van der Waals surface area (Å²) in [5.41, 5.74) is 11.6. The summed E-state index contributed by atoms with van der Waals surface area (Å²) in [5, 5.41) is 11.7. The molecule has 2 aromatic heterocycles. The van der Waals surface area contributed by atoms with Crippen molar-refractivity contribution in [2.45, 2.75) is 78.6 Å². The fraction of sp³-hybridized carbons (Fsp3) is 0.286. The maximum atomic E-state index is 11.7. The van der Waals surface area contributed by atoms with Crippen LogP contribution in [0.15, 0.2) is 97.2 Å². The summed E-state index contributed by atoms with van der Waals surface area (Å²) in [5.74, 6) is 0.358. The van der Waals surface area contributed by atoms with Gasteiger partial charge in [-0.1, -0.05) is 6.07 Å². The average molecular weight is 672 g/mol. The molecule has 0 bridgehead atoms. The van der Waals surface area contributed by atoms with Crippen molar-refractivity contribution in [2.24, 2.45) is 0 Å². The number of nitrogens with zero attached hydrogens (tertiary/aromatic N) is 2. The molecule has 0 amide bonds. The van der Waals surface area contributed by atoms with Crippen molar-refractivity contribution >= 4 is 24.3 Å². The maximum absolute atomic E-state index is 11.7. The second-order valence-electron chi connectivity index (χ2n) is 15.4. The molecule has 2 heterocycles. The molecule has 234 valence electrons. The van der Waals surface area contributed by atoms with E-state index in [2.05, 4.69) is 147 Å². The molecule has 1 N–H and O–H groups in total. The quantitative estimate of drug-likeness (QED) is 0.190. The fourth-order valence-corrected chi connectivity index (χ4v) is 7.98. The molecular formula is C42H44N2OSe. The Balaban J connectivity index is 1.53. The van der Waals surface area contributed by atoms with E-state index in [4.69, 9.17) is 9.97 Å². The van der Waals surface area contributed by atoms with Crippen molar-refractivity contribution in [3.63, 3.8) is 0 Å². The van der Waals surface area contributed by atoms with Gasteiger partial charge >= 0.3 is 275 Å². The summed E-state index contributed by atoms with van der Waals surface area (Å²) in [6.45, 7) is 20.0. The third kappa shape index (κ3) is 6.34. The van der Waals surface area contributed by atoms with Crippen LogP contribution in [0.1, 0.15) is 79.0 Å². The Morgan fingerprint density at radius 2 is 1.24 bits per heavy atom. The first-order chi connectivity index (χ1) is 21.6. The van der Waals surface area contributed by atoms with Crippen LogP contribution >= 0.6 is 0 Å². The van der Waals surface area contributed by atoms with Crippen molar-refractivity contribution in [3.8, 4) is 49.4 Å². The second-order valence-corrected chi connectivity index (χ2v) is 17.6. The Bertz CT molecular complexity index is 2050. The number of hydrogen-bond donors (Lipinski definition) is 1. The molecule has 0 unspecified atom stereocenters.